The SMILES string of the molecule is CCc1sccc1-c1ncc(C(N)=O)c(=O)[nH]1. The molecule has 0 radical (unpaired) electrons. The third kappa shape index (κ3) is 2.12. The number of aromatic nitrogens is 2. The highest BCUT2D eigenvalue weighted by molar-refractivity contribution is 7.10. The minimum atomic E-state index is -0.772. The van der Waals surface area contributed by atoms with Gasteiger partial charge in [-0.2, -0.15) is 0 Å². The lowest BCUT2D eigenvalue weighted by Gasteiger charge is -2.01. The number of carbonyl (C=O) groups excluding carboxylic acids is 1. The molecule has 0 bridgehead atoms. The van der Waals surface area contributed by atoms with Crippen molar-refractivity contribution < 1.29 is 4.79 Å². The van der Waals surface area contributed by atoms with Crippen molar-refractivity contribution in [1.82, 2.24) is 9.97 Å². The summed E-state index contributed by atoms with van der Waals surface area (Å²) in [7, 11) is 0. The molecule has 0 unspecified atom stereocenters. The Labute approximate surface area is 101 Å². The molecule has 0 aromatic carbocycles. The normalized spacial score (nSPS) is 10.4. The quantitative estimate of drug-likeness (QED) is 0.855. The van der Waals surface area contributed by atoms with Crippen LogP contribution in [0.25, 0.3) is 11.4 Å². The number of aromatic amines is 1. The standard InChI is InChI=1S/C11H11N3O2S/c1-2-8-6(3-4-17-8)10-13-5-7(9(12)15)11(16)14-10/h3-5H,2H2,1H3,(H2,12,15)(H,13,14,16). The maximum Gasteiger partial charge on any atom is 0.264 e. The Morgan fingerprint density at radius 1 is 1.59 bits per heavy atom. The van der Waals surface area contributed by atoms with Gasteiger partial charge in [-0.15, -0.1) is 11.3 Å². The van der Waals surface area contributed by atoms with E-state index in [0.29, 0.717) is 5.82 Å². The fourth-order valence-corrected chi connectivity index (χ4v) is 2.36. The topological polar surface area (TPSA) is 88.8 Å². The number of H-pyrrole nitrogens is 1. The zero-order valence-electron chi connectivity index (χ0n) is 9.19. The Morgan fingerprint density at radius 3 is 2.94 bits per heavy atom. The van der Waals surface area contributed by atoms with Crippen LogP contribution in [0.5, 0.6) is 0 Å². The summed E-state index contributed by atoms with van der Waals surface area (Å²) >= 11 is 1.61. The van der Waals surface area contributed by atoms with E-state index in [2.05, 4.69) is 9.97 Å². The highest BCUT2D eigenvalue weighted by Crippen LogP contribution is 2.25. The van der Waals surface area contributed by atoms with E-state index in [1.807, 2.05) is 18.4 Å². The van der Waals surface area contributed by atoms with Gasteiger partial charge >= 0.3 is 0 Å². The van der Waals surface area contributed by atoms with E-state index in [0.717, 1.165) is 16.9 Å². The predicted octanol–water partition coefficient (Wildman–Crippen LogP) is 1.16. The fourth-order valence-electron chi connectivity index (χ4n) is 1.53. The largest absolute Gasteiger partial charge is 0.365 e. The van der Waals surface area contributed by atoms with Crippen LogP contribution < -0.4 is 11.3 Å². The average molecular weight is 249 g/mol. The van der Waals surface area contributed by atoms with Gasteiger partial charge in [0.2, 0.25) is 0 Å². The van der Waals surface area contributed by atoms with Crippen LogP contribution in [0.2, 0.25) is 0 Å². The van der Waals surface area contributed by atoms with Crippen LogP contribution in [0.15, 0.2) is 22.4 Å². The van der Waals surface area contributed by atoms with Crippen molar-refractivity contribution in [3.05, 3.63) is 38.4 Å². The monoisotopic (exact) mass is 249 g/mol. The van der Waals surface area contributed by atoms with E-state index >= 15 is 0 Å². The lowest BCUT2D eigenvalue weighted by atomic mass is 10.2. The molecule has 2 rings (SSSR count). The Balaban J connectivity index is 2.52. The third-order valence-electron chi connectivity index (χ3n) is 2.39. The van der Waals surface area contributed by atoms with Gasteiger partial charge in [-0.3, -0.25) is 9.59 Å². The number of aryl methyl sites for hydroxylation is 1. The van der Waals surface area contributed by atoms with Crippen LogP contribution in [-0.4, -0.2) is 15.9 Å². The number of primary amides is 1. The highest BCUT2D eigenvalue weighted by Gasteiger charge is 2.11. The molecule has 0 aliphatic heterocycles. The Morgan fingerprint density at radius 2 is 2.35 bits per heavy atom. The van der Waals surface area contributed by atoms with E-state index in [9.17, 15) is 9.59 Å². The average Bonchev–Trinajstić information content (AvgIpc) is 2.76. The summed E-state index contributed by atoms with van der Waals surface area (Å²) in [5.41, 5.74) is 5.31. The van der Waals surface area contributed by atoms with Crippen molar-refractivity contribution in [2.24, 2.45) is 5.73 Å². The Kier molecular flexibility index (Phi) is 3.06. The zero-order chi connectivity index (χ0) is 12.4. The molecule has 1 amide bonds. The fraction of sp³-hybridized carbons (Fsp3) is 0.182. The smallest absolute Gasteiger partial charge is 0.264 e. The molecule has 0 spiro atoms. The first-order valence-electron chi connectivity index (χ1n) is 5.09. The number of nitrogens with two attached hydrogens (primary N) is 1. The van der Waals surface area contributed by atoms with Gasteiger partial charge in [0.05, 0.1) is 0 Å². The molecule has 0 fully saturated rings. The van der Waals surface area contributed by atoms with Gasteiger partial charge in [-0.05, 0) is 17.9 Å². The van der Waals surface area contributed by atoms with Gasteiger partial charge in [-0.25, -0.2) is 4.98 Å². The minimum absolute atomic E-state index is 0.123. The lowest BCUT2D eigenvalue weighted by molar-refractivity contribution is 0.0998. The molecule has 3 N–H and O–H groups in total. The minimum Gasteiger partial charge on any atom is -0.365 e. The summed E-state index contributed by atoms with van der Waals surface area (Å²) in [6.45, 7) is 2.03. The van der Waals surface area contributed by atoms with Crippen molar-refractivity contribution in [1.29, 1.82) is 0 Å². The number of carbonyl (C=O) groups is 1. The summed E-state index contributed by atoms with van der Waals surface area (Å²) in [6.07, 6.45) is 2.09. The predicted molar refractivity (Wildman–Crippen MR) is 66.1 cm³/mol. The van der Waals surface area contributed by atoms with Crippen molar-refractivity contribution in [2.75, 3.05) is 0 Å². The van der Waals surface area contributed by atoms with E-state index in [1.165, 1.54) is 6.20 Å². The second-order valence-electron chi connectivity index (χ2n) is 3.45. The first-order valence-corrected chi connectivity index (χ1v) is 5.97. The van der Waals surface area contributed by atoms with Crippen LogP contribution in [-0.2, 0) is 6.42 Å². The van der Waals surface area contributed by atoms with Crippen LogP contribution in [0, 0.1) is 0 Å². The van der Waals surface area contributed by atoms with Crippen molar-refractivity contribution >= 4 is 17.2 Å². The van der Waals surface area contributed by atoms with Gasteiger partial charge in [0.15, 0.2) is 0 Å². The first-order chi connectivity index (χ1) is 8.13. The molecule has 0 aliphatic rings. The van der Waals surface area contributed by atoms with Crippen molar-refractivity contribution in [3.63, 3.8) is 0 Å². The summed E-state index contributed by atoms with van der Waals surface area (Å²) in [6, 6.07) is 1.89. The van der Waals surface area contributed by atoms with Gasteiger partial charge < -0.3 is 10.7 Å². The summed E-state index contributed by atoms with van der Waals surface area (Å²) in [5.74, 6) is -0.301. The second-order valence-corrected chi connectivity index (χ2v) is 4.45. The maximum absolute atomic E-state index is 11.6. The molecular weight excluding hydrogens is 238 g/mol. The number of amides is 1. The number of hydrogen-bond donors (Lipinski definition) is 2. The molecule has 0 saturated carbocycles. The molecule has 2 heterocycles. The number of nitrogens with zero attached hydrogens (tertiary/aromatic N) is 1. The van der Waals surface area contributed by atoms with Crippen molar-refractivity contribution in [3.8, 4) is 11.4 Å². The number of rotatable bonds is 3. The van der Waals surface area contributed by atoms with Gasteiger partial charge in [0.1, 0.15) is 11.4 Å². The molecule has 88 valence electrons. The number of thiophene rings is 1. The molecule has 5 nitrogen and oxygen atoms in total. The maximum atomic E-state index is 11.6. The number of hydrogen-bond acceptors (Lipinski definition) is 4. The third-order valence-corrected chi connectivity index (χ3v) is 3.45. The molecule has 0 aliphatic carbocycles. The Bertz CT molecular complexity index is 615. The highest BCUT2D eigenvalue weighted by atomic mass is 32.1. The molecule has 2 aromatic rings. The van der Waals surface area contributed by atoms with Gasteiger partial charge in [0.25, 0.3) is 11.5 Å². The van der Waals surface area contributed by atoms with Gasteiger partial charge in [0, 0.05) is 16.6 Å². The van der Waals surface area contributed by atoms with E-state index in [4.69, 9.17) is 5.73 Å². The van der Waals surface area contributed by atoms with E-state index < -0.39 is 11.5 Å². The lowest BCUT2D eigenvalue weighted by Crippen LogP contribution is -2.24. The van der Waals surface area contributed by atoms with E-state index in [1.54, 1.807) is 11.3 Å². The second kappa shape index (κ2) is 4.50. The van der Waals surface area contributed by atoms with Crippen LogP contribution in [0.3, 0.4) is 0 Å². The zero-order valence-corrected chi connectivity index (χ0v) is 10.0. The summed E-state index contributed by atoms with van der Waals surface area (Å²) < 4.78 is 0. The molecular formula is C11H11N3O2S. The first kappa shape index (κ1) is 11.5. The summed E-state index contributed by atoms with van der Waals surface area (Å²) in [5, 5.41) is 1.94. The molecule has 6 heteroatoms. The number of nitrogens with one attached hydrogen (secondary N) is 1. The van der Waals surface area contributed by atoms with Crippen LogP contribution >= 0.6 is 11.3 Å². The van der Waals surface area contributed by atoms with Crippen LogP contribution in [0.1, 0.15) is 22.2 Å². The van der Waals surface area contributed by atoms with Crippen molar-refractivity contribution in [2.45, 2.75) is 13.3 Å². The Hall–Kier alpha value is -1.95. The van der Waals surface area contributed by atoms with Crippen LogP contribution in [0.4, 0.5) is 0 Å². The van der Waals surface area contributed by atoms with E-state index in [-0.39, 0.29) is 5.56 Å². The van der Waals surface area contributed by atoms with Gasteiger partial charge in [-0.1, -0.05) is 6.92 Å². The summed E-state index contributed by atoms with van der Waals surface area (Å²) in [4.78, 5) is 30.3. The molecule has 17 heavy (non-hydrogen) atoms. The molecule has 0 saturated heterocycles. The molecule has 2 aromatic heterocycles. The molecule has 0 atom stereocenters.